The number of fused-ring (bicyclic) bond motifs is 2. The molecule has 1 saturated carbocycles. The Morgan fingerprint density at radius 2 is 2.03 bits per heavy atom. The molecule has 1 aliphatic carbocycles. The lowest BCUT2D eigenvalue weighted by molar-refractivity contribution is -0.128. The summed E-state index contributed by atoms with van der Waals surface area (Å²) in [5, 5.41) is 19.4. The van der Waals surface area contributed by atoms with E-state index >= 15 is 4.39 Å². The van der Waals surface area contributed by atoms with E-state index in [9.17, 15) is 19.6 Å². The van der Waals surface area contributed by atoms with Gasteiger partial charge in [0.15, 0.2) is 0 Å². The molecular weight excluding hydrogens is 503 g/mol. The molecule has 0 spiro atoms. The lowest BCUT2D eigenvalue weighted by Crippen LogP contribution is -2.55. The third kappa shape index (κ3) is 6.74. The summed E-state index contributed by atoms with van der Waals surface area (Å²) in [5.74, 6) is -1.02. The van der Waals surface area contributed by atoms with Gasteiger partial charge in [-0.1, -0.05) is 12.1 Å². The van der Waals surface area contributed by atoms with Gasteiger partial charge in [0.05, 0.1) is 18.8 Å². The van der Waals surface area contributed by atoms with Crippen molar-refractivity contribution in [2.24, 2.45) is 5.92 Å². The van der Waals surface area contributed by atoms with Gasteiger partial charge in [0.1, 0.15) is 23.5 Å². The topological polar surface area (TPSA) is 129 Å². The number of hydrogen-bond acceptors (Lipinski definition) is 6. The average Bonchev–Trinajstić information content (AvgIpc) is 3.60. The van der Waals surface area contributed by atoms with E-state index in [4.69, 9.17) is 4.74 Å². The zero-order valence-corrected chi connectivity index (χ0v) is 22.7. The third-order valence-electron chi connectivity index (χ3n) is 7.09. The number of amides is 3. The van der Waals surface area contributed by atoms with E-state index in [0.29, 0.717) is 29.8 Å². The number of piperidine rings is 1. The van der Waals surface area contributed by atoms with Crippen molar-refractivity contribution < 1.29 is 23.5 Å². The SMILES string of the molecule is CC(=O)NCCn1cc(-c2ccc(C[C@@H](C#N)NC(=O)[C@@H]3[C@H]4CC[C@H](C4)N3C(=O)OC(C)(C)C)c(F)c2)cn1. The maximum Gasteiger partial charge on any atom is 0.411 e. The normalized spacial score (nSPS) is 20.8. The highest BCUT2D eigenvalue weighted by Gasteiger charge is 2.52. The van der Waals surface area contributed by atoms with E-state index in [1.165, 1.54) is 17.9 Å². The molecule has 11 heteroatoms. The first kappa shape index (κ1) is 28.1. The number of likely N-dealkylation sites (tertiary alicyclic amines) is 1. The number of aromatic nitrogens is 2. The zero-order chi connectivity index (χ0) is 28.3. The minimum atomic E-state index is -0.964. The number of rotatable bonds is 8. The van der Waals surface area contributed by atoms with E-state index in [2.05, 4.69) is 21.8 Å². The quantitative estimate of drug-likeness (QED) is 0.531. The Morgan fingerprint density at radius 1 is 1.26 bits per heavy atom. The van der Waals surface area contributed by atoms with Crippen LogP contribution in [0.15, 0.2) is 30.6 Å². The van der Waals surface area contributed by atoms with Crippen LogP contribution < -0.4 is 10.6 Å². The molecule has 1 aromatic carbocycles. The number of carbonyl (C=O) groups excluding carboxylic acids is 3. The van der Waals surface area contributed by atoms with Crippen molar-refractivity contribution in [3.8, 4) is 17.2 Å². The van der Waals surface area contributed by atoms with E-state index in [-0.39, 0.29) is 24.3 Å². The van der Waals surface area contributed by atoms with Crippen LogP contribution in [0.3, 0.4) is 0 Å². The molecule has 4 atom stereocenters. The minimum Gasteiger partial charge on any atom is -0.444 e. The number of halogens is 1. The standard InChI is InChI=1S/C28H35FN6O4/c1-17(36)31-9-10-34-16-21(15-32-34)18-5-6-19(24(29)13-18)11-22(14-30)33-26(37)25-20-7-8-23(12-20)35(25)27(38)39-28(2,3)4/h5-6,13,15-16,20,22-23,25H,7-12H2,1-4H3,(H,31,36)(H,33,37)/t20-,22-,23+,25-/m0/s1. The Bertz CT molecular complexity index is 1280. The van der Waals surface area contributed by atoms with Gasteiger partial charge in [0, 0.05) is 37.7 Å². The summed E-state index contributed by atoms with van der Waals surface area (Å²) in [7, 11) is 0. The van der Waals surface area contributed by atoms with Gasteiger partial charge < -0.3 is 15.4 Å². The van der Waals surface area contributed by atoms with Crippen molar-refractivity contribution in [2.45, 2.75) is 83.6 Å². The molecule has 2 aromatic rings. The lowest BCUT2D eigenvalue weighted by atomic mass is 9.97. The average molecular weight is 539 g/mol. The Kier molecular flexibility index (Phi) is 8.23. The first-order valence-corrected chi connectivity index (χ1v) is 13.2. The Balaban J connectivity index is 1.40. The summed E-state index contributed by atoms with van der Waals surface area (Å²) in [5.41, 5.74) is 0.937. The number of hydrogen-bond donors (Lipinski definition) is 2. The van der Waals surface area contributed by atoms with Crippen molar-refractivity contribution in [1.29, 1.82) is 5.26 Å². The summed E-state index contributed by atoms with van der Waals surface area (Å²) in [6, 6.07) is 5.05. The number of benzene rings is 1. The monoisotopic (exact) mass is 538 g/mol. The number of ether oxygens (including phenoxy) is 1. The molecule has 208 valence electrons. The predicted molar refractivity (Wildman–Crippen MR) is 141 cm³/mol. The van der Waals surface area contributed by atoms with Crippen molar-refractivity contribution in [1.82, 2.24) is 25.3 Å². The van der Waals surface area contributed by atoms with Gasteiger partial charge in [0.25, 0.3) is 0 Å². The fraction of sp³-hybridized carbons (Fsp3) is 0.536. The van der Waals surface area contributed by atoms with Crippen LogP contribution in [0.25, 0.3) is 11.1 Å². The number of nitriles is 1. The predicted octanol–water partition coefficient (Wildman–Crippen LogP) is 3.16. The molecule has 1 aromatic heterocycles. The molecular formula is C28H35FN6O4. The molecule has 3 amide bonds. The summed E-state index contributed by atoms with van der Waals surface area (Å²) >= 11 is 0. The second kappa shape index (κ2) is 11.4. The number of carbonyl (C=O) groups is 3. The van der Waals surface area contributed by atoms with Gasteiger partial charge in [-0.3, -0.25) is 19.2 Å². The van der Waals surface area contributed by atoms with Gasteiger partial charge in [-0.2, -0.15) is 10.4 Å². The van der Waals surface area contributed by atoms with Gasteiger partial charge in [0.2, 0.25) is 11.8 Å². The third-order valence-corrected chi connectivity index (χ3v) is 7.09. The van der Waals surface area contributed by atoms with Crippen molar-refractivity contribution in [3.63, 3.8) is 0 Å². The highest BCUT2D eigenvalue weighted by atomic mass is 19.1. The van der Waals surface area contributed by atoms with E-state index in [1.807, 2.05) is 0 Å². The van der Waals surface area contributed by atoms with Crippen LogP contribution in [0, 0.1) is 23.1 Å². The maximum atomic E-state index is 15.1. The maximum absolute atomic E-state index is 15.1. The smallest absolute Gasteiger partial charge is 0.411 e. The Morgan fingerprint density at radius 3 is 2.69 bits per heavy atom. The van der Waals surface area contributed by atoms with Crippen LogP contribution in [0.5, 0.6) is 0 Å². The lowest BCUT2D eigenvalue weighted by Gasteiger charge is -2.35. The molecule has 4 rings (SSSR count). The largest absolute Gasteiger partial charge is 0.444 e. The minimum absolute atomic E-state index is 0.0111. The zero-order valence-electron chi connectivity index (χ0n) is 22.7. The van der Waals surface area contributed by atoms with Crippen molar-refractivity contribution in [2.75, 3.05) is 6.54 Å². The molecule has 0 radical (unpaired) electrons. The van der Waals surface area contributed by atoms with Crippen molar-refractivity contribution in [3.05, 3.63) is 42.0 Å². The first-order valence-electron chi connectivity index (χ1n) is 13.2. The molecule has 2 fully saturated rings. The number of nitrogens with zero attached hydrogens (tertiary/aromatic N) is 4. The summed E-state index contributed by atoms with van der Waals surface area (Å²) in [6.45, 7) is 7.69. The second-order valence-electron chi connectivity index (χ2n) is 11.2. The molecule has 1 aliphatic heterocycles. The summed E-state index contributed by atoms with van der Waals surface area (Å²) in [6.07, 6.45) is 5.22. The summed E-state index contributed by atoms with van der Waals surface area (Å²) < 4.78 is 22.3. The molecule has 10 nitrogen and oxygen atoms in total. The number of nitrogens with one attached hydrogen (secondary N) is 2. The van der Waals surface area contributed by atoms with Gasteiger partial charge in [-0.25, -0.2) is 9.18 Å². The fourth-order valence-corrected chi connectivity index (χ4v) is 5.38. The molecule has 2 heterocycles. The first-order chi connectivity index (χ1) is 18.4. The molecule has 2 aliphatic rings. The van der Waals surface area contributed by atoms with Crippen molar-refractivity contribution >= 4 is 17.9 Å². The van der Waals surface area contributed by atoms with Crippen LogP contribution in [-0.2, 0) is 27.3 Å². The van der Waals surface area contributed by atoms with Gasteiger partial charge >= 0.3 is 6.09 Å². The van der Waals surface area contributed by atoms with Gasteiger partial charge in [-0.05, 0) is 63.1 Å². The second-order valence-corrected chi connectivity index (χ2v) is 11.2. The molecule has 2 N–H and O–H groups in total. The van der Waals surface area contributed by atoms with Crippen LogP contribution in [-0.4, -0.2) is 62.9 Å². The van der Waals surface area contributed by atoms with Crippen LogP contribution in [0.1, 0.15) is 52.5 Å². The fourth-order valence-electron chi connectivity index (χ4n) is 5.38. The summed E-state index contributed by atoms with van der Waals surface area (Å²) in [4.78, 5) is 38.7. The van der Waals surface area contributed by atoms with Crippen LogP contribution >= 0.6 is 0 Å². The highest BCUT2D eigenvalue weighted by Crippen LogP contribution is 2.43. The molecule has 1 saturated heterocycles. The Hall–Kier alpha value is -3.94. The Labute approximate surface area is 227 Å². The van der Waals surface area contributed by atoms with E-state index < -0.39 is 35.5 Å². The van der Waals surface area contributed by atoms with E-state index in [0.717, 1.165) is 19.3 Å². The van der Waals surface area contributed by atoms with E-state index in [1.54, 1.807) is 50.0 Å². The molecule has 39 heavy (non-hydrogen) atoms. The highest BCUT2D eigenvalue weighted by molar-refractivity contribution is 5.87. The van der Waals surface area contributed by atoms with Crippen LogP contribution in [0.4, 0.5) is 9.18 Å². The van der Waals surface area contributed by atoms with Gasteiger partial charge in [-0.15, -0.1) is 0 Å². The van der Waals surface area contributed by atoms with Crippen LogP contribution in [0.2, 0.25) is 0 Å². The molecule has 0 unspecified atom stereocenters. The molecule has 2 bridgehead atoms.